The van der Waals surface area contributed by atoms with Crippen LogP contribution in [0.25, 0.3) is 16.9 Å². The molecule has 0 bridgehead atoms. The van der Waals surface area contributed by atoms with Crippen molar-refractivity contribution in [3.8, 4) is 22.8 Å². The van der Waals surface area contributed by atoms with E-state index < -0.39 is 0 Å². The van der Waals surface area contributed by atoms with Gasteiger partial charge < -0.3 is 20.1 Å². The molecule has 2 aromatic carbocycles. The topological polar surface area (TPSA) is 123 Å². The molecule has 3 N–H and O–H groups in total. The summed E-state index contributed by atoms with van der Waals surface area (Å²) in [4.78, 5) is 33.3. The Hall–Kier alpha value is -4.74. The number of nitrogens with one attached hydrogen (secondary N) is 3. The number of para-hydroxylation sites is 1. The van der Waals surface area contributed by atoms with Crippen molar-refractivity contribution in [2.24, 2.45) is 0 Å². The monoisotopic (exact) mass is 611 g/mol. The van der Waals surface area contributed by atoms with E-state index in [0.717, 1.165) is 24.3 Å². The van der Waals surface area contributed by atoms with Gasteiger partial charge in [0.05, 0.1) is 30.6 Å². The Morgan fingerprint density at radius 2 is 1.76 bits per heavy atom. The van der Waals surface area contributed by atoms with Crippen molar-refractivity contribution in [1.82, 2.24) is 30.3 Å². The largest absolute Gasteiger partial charge is 0.477 e. The molecule has 1 aliphatic rings. The normalized spacial score (nSPS) is 16.4. The van der Waals surface area contributed by atoms with Crippen LogP contribution < -0.4 is 20.7 Å². The highest BCUT2D eigenvalue weighted by Gasteiger charge is 2.35. The van der Waals surface area contributed by atoms with E-state index in [-0.39, 0.29) is 29.8 Å². The number of nitrogens with zero attached hydrogens (tertiary/aromatic N) is 4. The molecule has 0 radical (unpaired) electrons. The first-order valence-electron chi connectivity index (χ1n) is 15.3. The molecule has 0 aliphatic carbocycles. The highest BCUT2D eigenvalue weighted by Crippen LogP contribution is 2.33. The Kier molecular flexibility index (Phi) is 10.4. The first kappa shape index (κ1) is 31.7. The van der Waals surface area contributed by atoms with Gasteiger partial charge in [-0.25, -0.2) is 14.5 Å². The Bertz CT molecular complexity index is 1590. The van der Waals surface area contributed by atoms with Crippen molar-refractivity contribution in [3.63, 3.8) is 0 Å². The third kappa shape index (κ3) is 7.33. The maximum atomic E-state index is 13.7. The molecular weight excluding hydrogens is 570 g/mol. The number of aromatic nitrogens is 3. The van der Waals surface area contributed by atoms with Crippen LogP contribution in [0.5, 0.6) is 5.88 Å². The molecule has 0 unspecified atom stereocenters. The van der Waals surface area contributed by atoms with Crippen molar-refractivity contribution >= 4 is 17.8 Å². The van der Waals surface area contributed by atoms with E-state index in [1.807, 2.05) is 69.3 Å². The van der Waals surface area contributed by atoms with Gasteiger partial charge in [-0.05, 0) is 44.5 Å². The molecule has 5 rings (SSSR count). The number of likely N-dealkylation sites (tertiary alicyclic amines) is 1. The van der Waals surface area contributed by atoms with Crippen molar-refractivity contribution in [2.45, 2.75) is 32.7 Å². The number of hydrogen-bond donors (Lipinski definition) is 3. The average molecular weight is 612 g/mol. The molecule has 3 amide bonds. The third-order valence-corrected chi connectivity index (χ3v) is 7.89. The van der Waals surface area contributed by atoms with Crippen LogP contribution in [0.3, 0.4) is 0 Å². The van der Waals surface area contributed by atoms with E-state index in [4.69, 9.17) is 14.6 Å². The van der Waals surface area contributed by atoms with Gasteiger partial charge in [-0.3, -0.25) is 15.0 Å². The smallest absolute Gasteiger partial charge is 0.320 e. The maximum absolute atomic E-state index is 13.7. The molecule has 45 heavy (non-hydrogen) atoms. The fourth-order valence-corrected chi connectivity index (χ4v) is 5.71. The number of methoxy groups -OCH3 is 1. The van der Waals surface area contributed by atoms with Crippen LogP contribution in [0.1, 0.15) is 41.3 Å². The lowest BCUT2D eigenvalue weighted by atomic mass is 9.94. The summed E-state index contributed by atoms with van der Waals surface area (Å²) in [6.45, 7) is 9.38. The molecule has 1 fully saturated rings. The zero-order valence-electron chi connectivity index (χ0n) is 26.2. The molecule has 1 aliphatic heterocycles. The first-order chi connectivity index (χ1) is 21.9. The van der Waals surface area contributed by atoms with Crippen LogP contribution in [0.2, 0.25) is 0 Å². The molecule has 2 aromatic heterocycles. The summed E-state index contributed by atoms with van der Waals surface area (Å²) in [5.74, 6) is 0.631. The van der Waals surface area contributed by atoms with Crippen molar-refractivity contribution in [3.05, 3.63) is 89.6 Å². The van der Waals surface area contributed by atoms with Gasteiger partial charge in [0.2, 0.25) is 5.88 Å². The highest BCUT2D eigenvalue weighted by atomic mass is 16.5. The van der Waals surface area contributed by atoms with Crippen LogP contribution >= 0.6 is 0 Å². The Morgan fingerprint density at radius 1 is 1.02 bits per heavy atom. The number of anilines is 1. The van der Waals surface area contributed by atoms with Gasteiger partial charge in [0, 0.05) is 56.5 Å². The lowest BCUT2D eigenvalue weighted by molar-refractivity contribution is 0.0951. The van der Waals surface area contributed by atoms with Crippen LogP contribution in [0, 0.1) is 6.92 Å². The van der Waals surface area contributed by atoms with Crippen molar-refractivity contribution in [1.29, 1.82) is 0 Å². The third-order valence-electron chi connectivity index (χ3n) is 7.89. The molecule has 4 aromatic rings. The second-order valence-corrected chi connectivity index (χ2v) is 10.9. The second kappa shape index (κ2) is 14.8. The Morgan fingerprint density at radius 3 is 2.44 bits per heavy atom. The molecule has 1 saturated heterocycles. The van der Waals surface area contributed by atoms with Gasteiger partial charge in [-0.15, -0.1) is 0 Å². The highest BCUT2D eigenvalue weighted by molar-refractivity contribution is 5.98. The minimum absolute atomic E-state index is 0.105. The molecule has 236 valence electrons. The molecule has 0 spiro atoms. The number of ether oxygens (including phenoxy) is 2. The van der Waals surface area contributed by atoms with Crippen molar-refractivity contribution < 1.29 is 19.1 Å². The lowest BCUT2D eigenvalue weighted by Crippen LogP contribution is -2.42. The molecule has 2 atom stereocenters. The fourth-order valence-electron chi connectivity index (χ4n) is 5.71. The number of rotatable bonds is 12. The van der Waals surface area contributed by atoms with Gasteiger partial charge in [0.25, 0.3) is 5.91 Å². The van der Waals surface area contributed by atoms with Gasteiger partial charge in [-0.1, -0.05) is 48.5 Å². The Balaban J connectivity index is 1.46. The quantitative estimate of drug-likeness (QED) is 0.214. The van der Waals surface area contributed by atoms with Crippen LogP contribution in [-0.4, -0.2) is 84.1 Å². The van der Waals surface area contributed by atoms with Crippen LogP contribution in [0.4, 0.5) is 10.6 Å². The number of benzene rings is 2. The second-order valence-electron chi connectivity index (χ2n) is 10.9. The summed E-state index contributed by atoms with van der Waals surface area (Å²) >= 11 is 0. The van der Waals surface area contributed by atoms with E-state index >= 15 is 0 Å². The van der Waals surface area contributed by atoms with E-state index in [1.54, 1.807) is 24.1 Å². The van der Waals surface area contributed by atoms with Gasteiger partial charge in [-0.2, -0.15) is 5.10 Å². The maximum Gasteiger partial charge on any atom is 0.320 e. The summed E-state index contributed by atoms with van der Waals surface area (Å²) in [5.41, 5.74) is 4.23. The zero-order chi connectivity index (χ0) is 31.8. The van der Waals surface area contributed by atoms with E-state index in [9.17, 15) is 9.59 Å². The number of pyridine rings is 1. The van der Waals surface area contributed by atoms with Gasteiger partial charge >= 0.3 is 6.03 Å². The van der Waals surface area contributed by atoms with Gasteiger partial charge in [0.15, 0.2) is 0 Å². The van der Waals surface area contributed by atoms with Crippen molar-refractivity contribution in [2.75, 3.05) is 51.8 Å². The number of carbonyl (C=O) groups is 2. The summed E-state index contributed by atoms with van der Waals surface area (Å²) in [5, 5.41) is 14.1. The van der Waals surface area contributed by atoms with E-state index in [1.165, 1.54) is 5.56 Å². The molecule has 11 heteroatoms. The van der Waals surface area contributed by atoms with Gasteiger partial charge in [0.1, 0.15) is 11.4 Å². The molecule has 0 saturated carbocycles. The summed E-state index contributed by atoms with van der Waals surface area (Å²) in [7, 11) is 1.70. The minimum atomic E-state index is -0.325. The predicted octanol–water partition coefficient (Wildman–Crippen LogP) is 4.63. The average Bonchev–Trinajstić information content (AvgIpc) is 3.61. The fraction of sp³-hybridized carbons (Fsp3) is 0.353. The van der Waals surface area contributed by atoms with Crippen LogP contribution in [0.15, 0.2) is 72.9 Å². The summed E-state index contributed by atoms with van der Waals surface area (Å²) in [6, 6.07) is 21.2. The molecule has 3 heterocycles. The van der Waals surface area contributed by atoms with E-state index in [2.05, 4.69) is 38.0 Å². The number of hydrogen-bond acceptors (Lipinski definition) is 7. The lowest BCUT2D eigenvalue weighted by Gasteiger charge is -2.21. The minimum Gasteiger partial charge on any atom is -0.477 e. The summed E-state index contributed by atoms with van der Waals surface area (Å²) in [6.07, 6.45) is 1.64. The number of amides is 3. The predicted molar refractivity (Wildman–Crippen MR) is 174 cm³/mol. The number of urea groups is 1. The van der Waals surface area contributed by atoms with E-state index in [0.29, 0.717) is 48.9 Å². The number of carbonyl (C=O) groups excluding carboxylic acids is 2. The molecule has 11 nitrogen and oxygen atoms in total. The van der Waals surface area contributed by atoms with Crippen LogP contribution in [-0.2, 0) is 4.74 Å². The first-order valence-corrected chi connectivity index (χ1v) is 15.3. The Labute approximate surface area is 263 Å². The molecular formula is C34H41N7O4. The standard InChI is InChI=1S/C34H41N7O4/c1-5-35-32(42)27-19-25(20-36-33(27)45-6-2)30-23(3)31(41(39-30)26-15-11-8-12-16-26)38-34(43)37-29-22-40(17-18-44-4)21-28(29)24-13-9-7-10-14-24/h7-16,19-20,28-29H,5-6,17-18,21-22H2,1-4H3,(H,35,42)(H2,37,38,43)/t28-,29+/m0/s1. The SMILES string of the molecule is CCNC(=O)c1cc(-c2nn(-c3ccccc3)c(NC(=O)N[C@@H]3CN(CCOC)C[C@H]3c3ccccc3)c2C)cnc1OCC. The summed E-state index contributed by atoms with van der Waals surface area (Å²) < 4.78 is 12.7. The zero-order valence-corrected chi connectivity index (χ0v) is 26.2.